The minimum absolute atomic E-state index is 0.0880. The summed E-state index contributed by atoms with van der Waals surface area (Å²) in [6.07, 6.45) is 3.14. The molecule has 0 bridgehead atoms. The van der Waals surface area contributed by atoms with Crippen molar-refractivity contribution in [3.8, 4) is 0 Å². The first-order valence-corrected chi connectivity index (χ1v) is 9.92. The van der Waals surface area contributed by atoms with Crippen molar-refractivity contribution in [2.45, 2.75) is 46.6 Å². The summed E-state index contributed by atoms with van der Waals surface area (Å²) < 4.78 is 30.4. The number of hydrogen-bond donors (Lipinski definition) is 1. The van der Waals surface area contributed by atoms with E-state index in [0.717, 1.165) is 17.6 Å². The monoisotopic (exact) mass is 417 g/mol. The van der Waals surface area contributed by atoms with Crippen LogP contribution in [0.1, 0.15) is 56.5 Å². The molecule has 162 valence electrons. The van der Waals surface area contributed by atoms with Crippen LogP contribution in [0.2, 0.25) is 0 Å². The fourth-order valence-electron chi connectivity index (χ4n) is 2.42. The first kappa shape index (κ1) is 25.0. The summed E-state index contributed by atoms with van der Waals surface area (Å²) in [6.45, 7) is 7.87. The van der Waals surface area contributed by atoms with Crippen molar-refractivity contribution in [3.05, 3.63) is 77.5 Å². The van der Waals surface area contributed by atoms with E-state index in [1.54, 1.807) is 25.3 Å². The molecule has 1 atom stereocenters. The van der Waals surface area contributed by atoms with Crippen LogP contribution in [-0.4, -0.2) is 24.4 Å². The molecule has 6 heteroatoms. The van der Waals surface area contributed by atoms with Crippen molar-refractivity contribution in [1.82, 2.24) is 5.32 Å². The molecule has 0 aliphatic heterocycles. The lowest BCUT2D eigenvalue weighted by Gasteiger charge is -2.12. The Balaban J connectivity index is 0.000000479. The van der Waals surface area contributed by atoms with Crippen LogP contribution in [0.3, 0.4) is 0 Å². The predicted molar refractivity (Wildman–Crippen MR) is 115 cm³/mol. The molecule has 0 aliphatic carbocycles. The lowest BCUT2D eigenvalue weighted by molar-refractivity contribution is -0.143. The number of halogens is 2. The highest BCUT2D eigenvalue weighted by Gasteiger charge is 2.13. The van der Waals surface area contributed by atoms with Crippen molar-refractivity contribution in [1.29, 1.82) is 0 Å². The van der Waals surface area contributed by atoms with Gasteiger partial charge in [-0.15, -0.1) is 0 Å². The fraction of sp³-hybridized carbons (Fsp3) is 0.333. The number of carbonyl (C=O) groups is 2. The van der Waals surface area contributed by atoms with Gasteiger partial charge in [0, 0.05) is 18.2 Å². The number of ether oxygens (including phenoxy) is 1. The predicted octanol–water partition coefficient (Wildman–Crippen LogP) is 5.54. The third-order valence-electron chi connectivity index (χ3n) is 4.13. The van der Waals surface area contributed by atoms with E-state index in [1.807, 2.05) is 20.8 Å². The Morgan fingerprint density at radius 1 is 0.967 bits per heavy atom. The van der Waals surface area contributed by atoms with E-state index in [0.29, 0.717) is 18.6 Å². The van der Waals surface area contributed by atoms with Gasteiger partial charge in [0.05, 0.1) is 12.6 Å². The van der Waals surface area contributed by atoms with Crippen LogP contribution < -0.4 is 5.32 Å². The number of ketones is 1. The van der Waals surface area contributed by atoms with Gasteiger partial charge in [0.25, 0.3) is 0 Å². The second kappa shape index (κ2) is 13.2. The van der Waals surface area contributed by atoms with Crippen molar-refractivity contribution < 1.29 is 23.1 Å². The van der Waals surface area contributed by atoms with Gasteiger partial charge in [0.2, 0.25) is 0 Å². The van der Waals surface area contributed by atoms with Crippen LogP contribution in [0.25, 0.3) is 5.57 Å². The molecule has 0 heterocycles. The van der Waals surface area contributed by atoms with Crippen LogP contribution >= 0.6 is 0 Å². The van der Waals surface area contributed by atoms with Gasteiger partial charge in [-0.3, -0.25) is 9.59 Å². The maximum Gasteiger partial charge on any atom is 0.305 e. The summed E-state index contributed by atoms with van der Waals surface area (Å²) in [5.41, 5.74) is 2.21. The van der Waals surface area contributed by atoms with Gasteiger partial charge < -0.3 is 10.1 Å². The molecule has 0 aromatic heterocycles. The van der Waals surface area contributed by atoms with Gasteiger partial charge in [-0.05, 0) is 74.7 Å². The molecule has 4 nitrogen and oxygen atoms in total. The first-order valence-electron chi connectivity index (χ1n) is 9.92. The van der Waals surface area contributed by atoms with Crippen molar-refractivity contribution in [2.24, 2.45) is 0 Å². The van der Waals surface area contributed by atoms with Gasteiger partial charge in [-0.2, -0.15) is 0 Å². The quantitative estimate of drug-likeness (QED) is 0.453. The lowest BCUT2D eigenvalue weighted by Crippen LogP contribution is -2.30. The van der Waals surface area contributed by atoms with E-state index in [9.17, 15) is 18.4 Å². The van der Waals surface area contributed by atoms with E-state index < -0.39 is 6.04 Å². The fourth-order valence-corrected chi connectivity index (χ4v) is 2.42. The summed E-state index contributed by atoms with van der Waals surface area (Å²) in [5.74, 6) is -0.869. The topological polar surface area (TPSA) is 55.4 Å². The highest BCUT2D eigenvalue weighted by Crippen LogP contribution is 2.13. The van der Waals surface area contributed by atoms with Crippen LogP contribution in [0, 0.1) is 11.6 Å². The summed E-state index contributed by atoms with van der Waals surface area (Å²) in [7, 11) is 0. The number of allylic oxidation sites excluding steroid dienone is 1. The number of Topliss-reactive ketones (excluding diaryl/α,β-unsaturated/α-hetero) is 1. The molecule has 0 fully saturated rings. The molecule has 0 saturated heterocycles. The largest absolute Gasteiger partial charge is 0.466 e. The molecular weight excluding hydrogens is 388 g/mol. The molecule has 1 N–H and O–H groups in total. The van der Waals surface area contributed by atoms with Gasteiger partial charge in [-0.1, -0.05) is 19.1 Å². The number of carbonyl (C=O) groups excluding carboxylic acids is 2. The smallest absolute Gasteiger partial charge is 0.305 e. The Labute approximate surface area is 177 Å². The van der Waals surface area contributed by atoms with E-state index in [-0.39, 0.29) is 23.4 Å². The van der Waals surface area contributed by atoms with Gasteiger partial charge in [0.1, 0.15) is 11.6 Å². The van der Waals surface area contributed by atoms with Crippen molar-refractivity contribution in [2.75, 3.05) is 6.61 Å². The number of rotatable bonds is 8. The summed E-state index contributed by atoms with van der Waals surface area (Å²) in [5, 5.41) is 3.01. The van der Waals surface area contributed by atoms with E-state index in [4.69, 9.17) is 0 Å². The van der Waals surface area contributed by atoms with Gasteiger partial charge in [0.15, 0.2) is 5.78 Å². The average molecular weight is 417 g/mol. The first-order chi connectivity index (χ1) is 14.3. The Kier molecular flexibility index (Phi) is 11.0. The molecule has 1 unspecified atom stereocenters. The molecule has 30 heavy (non-hydrogen) atoms. The number of hydrogen-bond acceptors (Lipinski definition) is 4. The average Bonchev–Trinajstić information content (AvgIpc) is 2.73. The van der Waals surface area contributed by atoms with Crippen molar-refractivity contribution >= 4 is 17.3 Å². The molecule has 2 aromatic carbocycles. The van der Waals surface area contributed by atoms with E-state index in [1.165, 1.54) is 36.4 Å². The molecule has 0 radical (unpaired) electrons. The minimum Gasteiger partial charge on any atom is -0.466 e. The normalized spacial score (nSPS) is 11.7. The molecule has 0 saturated carbocycles. The molecule has 0 aliphatic rings. The van der Waals surface area contributed by atoms with Crippen LogP contribution in [0.15, 0.2) is 54.7 Å². The molecule has 0 amide bonds. The van der Waals surface area contributed by atoms with E-state index >= 15 is 0 Å². The second-order valence-corrected chi connectivity index (χ2v) is 6.65. The van der Waals surface area contributed by atoms with Gasteiger partial charge in [-0.25, -0.2) is 8.78 Å². The zero-order chi connectivity index (χ0) is 22.5. The molecule has 2 aromatic rings. The lowest BCUT2D eigenvalue weighted by atomic mass is 10.0. The molecule has 0 spiro atoms. The molecule has 2 rings (SSSR count). The maximum atomic E-state index is 12.9. The minimum atomic E-state index is -0.444. The Bertz CT molecular complexity index is 823. The van der Waals surface area contributed by atoms with Crippen LogP contribution in [-0.2, 0) is 9.53 Å². The highest BCUT2D eigenvalue weighted by molar-refractivity contribution is 5.99. The Morgan fingerprint density at radius 2 is 1.47 bits per heavy atom. The third-order valence-corrected chi connectivity index (χ3v) is 4.13. The maximum absolute atomic E-state index is 12.9. The van der Waals surface area contributed by atoms with Crippen LogP contribution in [0.5, 0.6) is 0 Å². The second-order valence-electron chi connectivity index (χ2n) is 6.65. The summed E-state index contributed by atoms with van der Waals surface area (Å²) in [6, 6.07) is 11.1. The Hall–Kier alpha value is -3.02. The Morgan fingerprint density at radius 3 is 1.93 bits per heavy atom. The molecular formula is C24H29F2NO3. The SMILES string of the molecule is C/C(=C\NC(C)C(=O)c1ccc(F)cc1)c1ccc(F)cc1.CCCC(=O)OCC. The van der Waals surface area contributed by atoms with Crippen molar-refractivity contribution in [3.63, 3.8) is 0 Å². The zero-order valence-electron chi connectivity index (χ0n) is 17.9. The third kappa shape index (κ3) is 8.99. The summed E-state index contributed by atoms with van der Waals surface area (Å²) >= 11 is 0. The number of benzene rings is 2. The van der Waals surface area contributed by atoms with E-state index in [2.05, 4.69) is 10.1 Å². The number of nitrogens with one attached hydrogen (secondary N) is 1. The zero-order valence-corrected chi connectivity index (χ0v) is 17.9. The van der Waals surface area contributed by atoms with Gasteiger partial charge >= 0.3 is 5.97 Å². The van der Waals surface area contributed by atoms with Crippen LogP contribution in [0.4, 0.5) is 8.78 Å². The highest BCUT2D eigenvalue weighted by atomic mass is 19.1. The standard InChI is InChI=1S/C18H17F2NO.C6H12O2/c1-12(14-3-7-16(19)8-4-14)11-21-13(2)18(22)15-5-9-17(20)10-6-15;1-3-5-6(7)8-4-2/h3-11,13,21H,1-2H3;3-5H2,1-2H3/b12-11+;. The number of esters is 1. The summed E-state index contributed by atoms with van der Waals surface area (Å²) in [4.78, 5) is 22.6.